The van der Waals surface area contributed by atoms with Gasteiger partial charge in [0.25, 0.3) is 0 Å². The lowest BCUT2D eigenvalue weighted by Crippen LogP contribution is -2.41. The maximum absolute atomic E-state index is 12.4. The molecule has 0 spiro atoms. The van der Waals surface area contributed by atoms with E-state index in [1.54, 1.807) is 4.31 Å². The van der Waals surface area contributed by atoms with Crippen LogP contribution in [0.5, 0.6) is 0 Å². The Hall–Kier alpha value is -1.07. The third-order valence-electron chi connectivity index (χ3n) is 3.28. The summed E-state index contributed by atoms with van der Waals surface area (Å²) in [6.07, 6.45) is 0. The normalized spacial score (nSPS) is 23.7. The third-order valence-corrected chi connectivity index (χ3v) is 5.15. The Bertz CT molecular complexity index is 540. The van der Waals surface area contributed by atoms with Gasteiger partial charge in [-0.2, -0.15) is 0 Å². The zero-order chi connectivity index (χ0) is 13.3. The number of aryl methyl sites for hydroxylation is 2. The van der Waals surface area contributed by atoms with Crippen molar-refractivity contribution in [1.82, 2.24) is 5.32 Å². The van der Waals surface area contributed by atoms with Crippen LogP contribution in [-0.4, -0.2) is 33.3 Å². The van der Waals surface area contributed by atoms with Crippen LogP contribution in [0.25, 0.3) is 0 Å². The summed E-state index contributed by atoms with van der Waals surface area (Å²) in [5.74, 6) is 0.157. The topological polar surface area (TPSA) is 49.4 Å². The summed E-state index contributed by atoms with van der Waals surface area (Å²) in [6, 6.07) is 5.88. The minimum atomic E-state index is -3.23. The van der Waals surface area contributed by atoms with Gasteiger partial charge in [-0.25, -0.2) is 8.42 Å². The molecular formula is C13H20N2O2S. The van der Waals surface area contributed by atoms with Gasteiger partial charge < -0.3 is 5.32 Å². The number of nitrogens with one attached hydrogen (secondary N) is 1. The molecule has 0 bridgehead atoms. The lowest BCUT2D eigenvalue weighted by Gasteiger charge is -2.29. The van der Waals surface area contributed by atoms with Crippen LogP contribution in [0.2, 0.25) is 0 Å². The number of sulfonamides is 1. The highest BCUT2D eigenvalue weighted by Crippen LogP contribution is 2.27. The monoisotopic (exact) mass is 268 g/mol. The van der Waals surface area contributed by atoms with E-state index >= 15 is 0 Å². The van der Waals surface area contributed by atoms with Crippen molar-refractivity contribution in [1.29, 1.82) is 0 Å². The smallest absolute Gasteiger partial charge is 0.236 e. The second-order valence-electron chi connectivity index (χ2n) is 4.95. The van der Waals surface area contributed by atoms with Gasteiger partial charge in [0.05, 0.1) is 17.5 Å². The fourth-order valence-electron chi connectivity index (χ4n) is 2.31. The Morgan fingerprint density at radius 3 is 2.78 bits per heavy atom. The summed E-state index contributed by atoms with van der Waals surface area (Å²) in [5.41, 5.74) is 2.89. The van der Waals surface area contributed by atoms with Crippen molar-refractivity contribution in [2.45, 2.75) is 26.8 Å². The molecule has 1 N–H and O–H groups in total. The first kappa shape index (κ1) is 13.4. The molecule has 1 aromatic carbocycles. The van der Waals surface area contributed by atoms with Gasteiger partial charge in [0.15, 0.2) is 0 Å². The maximum Gasteiger partial charge on any atom is 0.236 e. The van der Waals surface area contributed by atoms with E-state index in [0.29, 0.717) is 13.1 Å². The van der Waals surface area contributed by atoms with Crippen molar-refractivity contribution < 1.29 is 8.42 Å². The highest BCUT2D eigenvalue weighted by Gasteiger charge is 2.30. The Morgan fingerprint density at radius 1 is 1.33 bits per heavy atom. The molecule has 1 heterocycles. The molecule has 0 radical (unpaired) electrons. The molecular weight excluding hydrogens is 248 g/mol. The molecule has 0 aromatic heterocycles. The molecule has 5 heteroatoms. The molecule has 1 aromatic rings. The Kier molecular flexibility index (Phi) is 3.64. The first-order valence-electron chi connectivity index (χ1n) is 6.22. The van der Waals surface area contributed by atoms with Gasteiger partial charge in [0, 0.05) is 13.1 Å². The van der Waals surface area contributed by atoms with Gasteiger partial charge in [-0.3, -0.25) is 4.31 Å². The van der Waals surface area contributed by atoms with Gasteiger partial charge in [-0.05, 0) is 38.0 Å². The molecule has 1 aliphatic heterocycles. The summed E-state index contributed by atoms with van der Waals surface area (Å²) < 4.78 is 26.3. The van der Waals surface area contributed by atoms with Crippen molar-refractivity contribution in [2.75, 3.05) is 23.1 Å². The van der Waals surface area contributed by atoms with Crippen LogP contribution in [-0.2, 0) is 10.0 Å². The Balaban J connectivity index is 2.54. The SMILES string of the molecule is Cc1ccc(C)c(N2C(C)CNCCS2(=O)=O)c1. The van der Waals surface area contributed by atoms with E-state index in [1.165, 1.54) is 0 Å². The second kappa shape index (κ2) is 4.90. The Labute approximate surface area is 109 Å². The van der Waals surface area contributed by atoms with Crippen molar-refractivity contribution in [3.05, 3.63) is 29.3 Å². The Morgan fingerprint density at radius 2 is 2.06 bits per heavy atom. The fourth-order valence-corrected chi connectivity index (χ4v) is 4.03. The summed E-state index contributed by atoms with van der Waals surface area (Å²) in [4.78, 5) is 0. The molecule has 18 heavy (non-hydrogen) atoms. The molecule has 0 aliphatic carbocycles. The van der Waals surface area contributed by atoms with Gasteiger partial charge in [0.2, 0.25) is 10.0 Å². The van der Waals surface area contributed by atoms with Gasteiger partial charge >= 0.3 is 0 Å². The van der Waals surface area contributed by atoms with E-state index < -0.39 is 10.0 Å². The largest absolute Gasteiger partial charge is 0.314 e. The number of anilines is 1. The number of nitrogens with zero attached hydrogens (tertiary/aromatic N) is 1. The van der Waals surface area contributed by atoms with Crippen LogP contribution in [0.1, 0.15) is 18.1 Å². The zero-order valence-electron chi connectivity index (χ0n) is 11.1. The first-order valence-corrected chi connectivity index (χ1v) is 7.83. The van der Waals surface area contributed by atoms with Crippen molar-refractivity contribution in [3.8, 4) is 0 Å². The number of hydrogen-bond acceptors (Lipinski definition) is 3. The maximum atomic E-state index is 12.4. The average Bonchev–Trinajstić information content (AvgIpc) is 2.41. The summed E-state index contributed by atoms with van der Waals surface area (Å²) >= 11 is 0. The molecule has 1 atom stereocenters. The zero-order valence-corrected chi connectivity index (χ0v) is 11.9. The molecule has 0 saturated carbocycles. The summed E-state index contributed by atoms with van der Waals surface area (Å²) in [6.45, 7) is 7.09. The molecule has 1 unspecified atom stereocenters. The molecule has 1 fully saturated rings. The van der Waals surface area contributed by atoms with E-state index in [9.17, 15) is 8.42 Å². The first-order chi connectivity index (χ1) is 8.42. The highest BCUT2D eigenvalue weighted by molar-refractivity contribution is 7.92. The molecule has 1 saturated heterocycles. The minimum Gasteiger partial charge on any atom is -0.314 e. The summed E-state index contributed by atoms with van der Waals surface area (Å²) in [7, 11) is -3.23. The van der Waals surface area contributed by atoms with Crippen LogP contribution in [0, 0.1) is 13.8 Å². The van der Waals surface area contributed by atoms with E-state index in [-0.39, 0.29) is 11.8 Å². The lowest BCUT2D eigenvalue weighted by atomic mass is 10.1. The summed E-state index contributed by atoms with van der Waals surface area (Å²) in [5, 5.41) is 3.17. The van der Waals surface area contributed by atoms with Crippen LogP contribution in [0.3, 0.4) is 0 Å². The lowest BCUT2D eigenvalue weighted by molar-refractivity contribution is 0.585. The fraction of sp³-hybridized carbons (Fsp3) is 0.538. The highest BCUT2D eigenvalue weighted by atomic mass is 32.2. The van der Waals surface area contributed by atoms with Gasteiger partial charge in [-0.15, -0.1) is 0 Å². The van der Waals surface area contributed by atoms with Crippen molar-refractivity contribution >= 4 is 15.7 Å². The standard InChI is InChI=1S/C13H20N2O2S/c1-10-4-5-11(2)13(8-10)15-12(3)9-14-6-7-18(15,16)17/h4-5,8,12,14H,6-7,9H2,1-3H3. The van der Waals surface area contributed by atoms with Crippen LogP contribution >= 0.6 is 0 Å². The van der Waals surface area contributed by atoms with Crippen LogP contribution < -0.4 is 9.62 Å². The molecule has 1 aliphatic rings. The average molecular weight is 268 g/mol. The van der Waals surface area contributed by atoms with Crippen LogP contribution in [0.4, 0.5) is 5.69 Å². The quantitative estimate of drug-likeness (QED) is 0.838. The van der Waals surface area contributed by atoms with E-state index in [2.05, 4.69) is 5.32 Å². The molecule has 0 amide bonds. The second-order valence-corrected chi connectivity index (χ2v) is 6.92. The predicted octanol–water partition coefficient (Wildman–Crippen LogP) is 1.43. The minimum absolute atomic E-state index is 0.0574. The van der Waals surface area contributed by atoms with Gasteiger partial charge in [0.1, 0.15) is 0 Å². The van der Waals surface area contributed by atoms with Crippen molar-refractivity contribution in [3.63, 3.8) is 0 Å². The van der Waals surface area contributed by atoms with Crippen molar-refractivity contribution in [2.24, 2.45) is 0 Å². The van der Waals surface area contributed by atoms with Gasteiger partial charge in [-0.1, -0.05) is 12.1 Å². The predicted molar refractivity (Wildman–Crippen MR) is 74.5 cm³/mol. The molecule has 2 rings (SSSR count). The number of rotatable bonds is 1. The third kappa shape index (κ3) is 2.52. The molecule has 100 valence electrons. The van der Waals surface area contributed by atoms with E-state index in [4.69, 9.17) is 0 Å². The number of benzene rings is 1. The van der Waals surface area contributed by atoms with Crippen LogP contribution in [0.15, 0.2) is 18.2 Å². The van der Waals surface area contributed by atoms with E-state index in [0.717, 1.165) is 16.8 Å². The van der Waals surface area contributed by atoms with E-state index in [1.807, 2.05) is 39.0 Å². The number of hydrogen-bond donors (Lipinski definition) is 1. The molecule has 4 nitrogen and oxygen atoms in total.